The van der Waals surface area contributed by atoms with Gasteiger partial charge >= 0.3 is 0 Å². The van der Waals surface area contributed by atoms with Gasteiger partial charge in [0.25, 0.3) is 0 Å². The summed E-state index contributed by atoms with van der Waals surface area (Å²) >= 11 is 0. The van der Waals surface area contributed by atoms with Crippen molar-refractivity contribution in [2.24, 2.45) is 0 Å². The van der Waals surface area contributed by atoms with Crippen LogP contribution in [0.1, 0.15) is 0 Å². The van der Waals surface area contributed by atoms with Crippen molar-refractivity contribution in [3.63, 3.8) is 0 Å². The maximum Gasteiger partial charge on any atom is 0.244 e. The lowest BCUT2D eigenvalue weighted by Crippen LogP contribution is -2.38. The molecule has 10 heteroatoms. The monoisotopic (exact) mass is 479 g/mol. The van der Waals surface area contributed by atoms with E-state index in [2.05, 4.69) is 31.7 Å². The maximum absolute atomic E-state index is 12.6. The van der Waals surface area contributed by atoms with Crippen molar-refractivity contribution >= 4 is 32.7 Å². The molecule has 9 nitrogen and oxygen atoms in total. The quantitative estimate of drug-likeness (QED) is 0.440. The molecule has 0 unspecified atom stereocenters. The van der Waals surface area contributed by atoms with Gasteiger partial charge in [0.05, 0.1) is 24.1 Å². The molecule has 1 aliphatic rings. The fourth-order valence-corrected chi connectivity index (χ4v) is 5.04. The van der Waals surface area contributed by atoms with Crippen molar-refractivity contribution in [3.8, 4) is 16.8 Å². The molecule has 4 aromatic rings. The standard InChI is InChI=1S/C24H26N6O3S/c1-28(2)34(31,32)21-13-18(15-26-16-21)17-3-8-22-23(14-17)30(24(25)27-22)20-6-4-19(5-7-20)29-9-11-33-12-10-29/h3-8,13-16H,9-12H2,1-2H3,(H2,25,27)/p+1. The number of morpholine rings is 1. The summed E-state index contributed by atoms with van der Waals surface area (Å²) in [5.74, 6) is 0.388. The molecule has 3 N–H and O–H groups in total. The third-order valence-electron chi connectivity index (χ3n) is 6.03. The summed E-state index contributed by atoms with van der Waals surface area (Å²) in [6.07, 6.45) is 3.01. The highest BCUT2D eigenvalue weighted by Crippen LogP contribution is 2.30. The van der Waals surface area contributed by atoms with Crippen LogP contribution >= 0.6 is 0 Å². The Morgan fingerprint density at radius 1 is 0.941 bits per heavy atom. The molecular weight excluding hydrogens is 452 g/mol. The minimum absolute atomic E-state index is 0.143. The van der Waals surface area contributed by atoms with Crippen LogP contribution in [-0.4, -0.2) is 72.4 Å². The van der Waals surface area contributed by atoms with Gasteiger partial charge in [0, 0.05) is 43.4 Å². The van der Waals surface area contributed by atoms with Gasteiger partial charge in [0.15, 0.2) is 13.2 Å². The Morgan fingerprint density at radius 2 is 1.65 bits per heavy atom. The van der Waals surface area contributed by atoms with Crippen LogP contribution in [0.25, 0.3) is 27.8 Å². The summed E-state index contributed by atoms with van der Waals surface area (Å²) in [5, 5.41) is 0. The van der Waals surface area contributed by atoms with E-state index in [1.807, 2.05) is 34.9 Å². The van der Waals surface area contributed by atoms with Gasteiger partial charge in [0.2, 0.25) is 16.0 Å². The van der Waals surface area contributed by atoms with Gasteiger partial charge in [-0.2, -0.15) is 0 Å². The lowest BCUT2D eigenvalue weighted by Gasteiger charge is -2.26. The predicted octanol–water partition coefficient (Wildman–Crippen LogP) is 2.27. The fraction of sp³-hybridized carbons (Fsp3) is 0.250. The summed E-state index contributed by atoms with van der Waals surface area (Å²) in [6, 6.07) is 15.6. The number of rotatable bonds is 5. The molecule has 2 aromatic carbocycles. The molecule has 0 radical (unpaired) electrons. The second-order valence-corrected chi connectivity index (χ2v) is 10.5. The minimum Gasteiger partial charge on any atom is -0.431 e. The molecule has 34 heavy (non-hydrogen) atoms. The summed E-state index contributed by atoms with van der Waals surface area (Å²) in [4.78, 5) is 11.1. The molecule has 5 rings (SSSR count). The number of aliphatic hydroxyl groups is 2. The fourth-order valence-electron chi connectivity index (χ4n) is 4.15. The number of benzene rings is 2. The van der Waals surface area contributed by atoms with Crippen LogP contribution in [0.4, 0.5) is 11.6 Å². The Balaban J connectivity index is 1.54. The highest BCUT2D eigenvalue weighted by atomic mass is 32.2. The number of nitrogens with two attached hydrogens (primary N) is 1. The van der Waals surface area contributed by atoms with Crippen molar-refractivity contribution in [2.45, 2.75) is 4.90 Å². The first-order valence-corrected chi connectivity index (χ1v) is 12.4. The Hall–Kier alpha value is -3.47. The van der Waals surface area contributed by atoms with Crippen LogP contribution in [0.3, 0.4) is 0 Å². The van der Waals surface area contributed by atoms with Gasteiger partial charge in [-0.25, -0.2) is 17.7 Å². The van der Waals surface area contributed by atoms with Gasteiger partial charge < -0.3 is 15.4 Å². The van der Waals surface area contributed by atoms with Crippen LogP contribution in [0, 0.1) is 0 Å². The normalized spacial score (nSPS) is 14.7. The molecule has 0 saturated carbocycles. The Labute approximate surface area is 198 Å². The van der Waals surface area contributed by atoms with E-state index >= 15 is 0 Å². The Kier molecular flexibility index (Phi) is 5.72. The van der Waals surface area contributed by atoms with Crippen molar-refractivity contribution < 1.29 is 13.2 Å². The number of nitrogen functional groups attached to an aromatic ring is 1. The van der Waals surface area contributed by atoms with E-state index in [9.17, 15) is 8.42 Å². The first-order chi connectivity index (χ1) is 16.3. The Morgan fingerprint density at radius 3 is 2.35 bits per heavy atom. The van der Waals surface area contributed by atoms with Crippen LogP contribution in [-0.2, 0) is 10.0 Å². The molecule has 0 amide bonds. The topological polar surface area (TPSA) is 110 Å². The number of aromatic nitrogens is 3. The lowest BCUT2D eigenvalue weighted by molar-refractivity contribution is -0.0437. The van der Waals surface area contributed by atoms with Crippen LogP contribution < -0.4 is 10.6 Å². The zero-order chi connectivity index (χ0) is 23.9. The summed E-state index contributed by atoms with van der Waals surface area (Å²) in [7, 11) is -0.584. The van der Waals surface area contributed by atoms with Crippen molar-refractivity contribution in [1.82, 2.24) is 18.8 Å². The highest BCUT2D eigenvalue weighted by Gasteiger charge is 2.19. The van der Waals surface area contributed by atoms with E-state index in [1.165, 1.54) is 24.6 Å². The van der Waals surface area contributed by atoms with Gasteiger partial charge in [-0.05, 0) is 48.0 Å². The maximum atomic E-state index is 12.6. The van der Waals surface area contributed by atoms with E-state index in [4.69, 9.17) is 5.73 Å². The molecule has 0 bridgehead atoms. The molecule has 2 aromatic heterocycles. The number of imidazole rings is 1. The minimum atomic E-state index is -3.59. The SMILES string of the molecule is CN(C)S(=O)(=O)c1cncc(-c2ccc3nc(N)n(-c4ccc(N5CC[OH+]CC5)cc4)c3c2)c1. The van der Waals surface area contributed by atoms with E-state index in [-0.39, 0.29) is 4.90 Å². The van der Waals surface area contributed by atoms with Crippen LogP contribution in [0.15, 0.2) is 65.8 Å². The molecule has 1 aliphatic heterocycles. The summed E-state index contributed by atoms with van der Waals surface area (Å²) < 4.78 is 32.6. The van der Waals surface area contributed by atoms with Crippen molar-refractivity contribution in [2.75, 3.05) is 51.0 Å². The molecule has 0 spiro atoms. The number of sulfonamides is 1. The molecule has 0 aliphatic carbocycles. The average molecular weight is 480 g/mol. The van der Waals surface area contributed by atoms with E-state index in [0.717, 1.165) is 54.3 Å². The molecule has 176 valence electrons. The summed E-state index contributed by atoms with van der Waals surface area (Å²) in [6.45, 7) is 3.57. The summed E-state index contributed by atoms with van der Waals surface area (Å²) in [5.41, 5.74) is 11.5. The average Bonchev–Trinajstić information content (AvgIpc) is 3.19. The number of ether oxygens (including phenoxy) is 1. The second kappa shape index (κ2) is 8.71. The Bertz CT molecular complexity index is 1440. The lowest BCUT2D eigenvalue weighted by atomic mass is 10.1. The zero-order valence-corrected chi connectivity index (χ0v) is 19.9. The first kappa shape index (κ1) is 22.3. The first-order valence-electron chi connectivity index (χ1n) is 11.0. The van der Waals surface area contributed by atoms with Gasteiger partial charge in [0.1, 0.15) is 4.90 Å². The zero-order valence-electron chi connectivity index (χ0n) is 19.1. The molecule has 0 atom stereocenters. The molecule has 3 heterocycles. The van der Waals surface area contributed by atoms with Gasteiger partial charge in [-0.15, -0.1) is 0 Å². The third kappa shape index (κ3) is 4.00. The van der Waals surface area contributed by atoms with Gasteiger partial charge in [-0.3, -0.25) is 9.55 Å². The second-order valence-electron chi connectivity index (χ2n) is 8.38. The molecule has 1 fully saturated rings. The molecule has 1 saturated heterocycles. The number of nitrogens with zero attached hydrogens (tertiary/aromatic N) is 5. The highest BCUT2D eigenvalue weighted by molar-refractivity contribution is 7.89. The predicted molar refractivity (Wildman–Crippen MR) is 134 cm³/mol. The van der Waals surface area contributed by atoms with Crippen molar-refractivity contribution in [3.05, 3.63) is 60.9 Å². The number of pyridine rings is 1. The number of fused-ring (bicyclic) bond motifs is 1. The van der Waals surface area contributed by atoms with Gasteiger partial charge in [-0.1, -0.05) is 6.07 Å². The molecular formula is C24H27N6O3S+. The number of hydrogen-bond donors (Lipinski definition) is 1. The van der Waals surface area contributed by atoms with E-state index in [1.54, 1.807) is 12.3 Å². The number of hydrogen-bond acceptors (Lipinski definition) is 6. The largest absolute Gasteiger partial charge is 0.431 e. The van der Waals surface area contributed by atoms with Crippen molar-refractivity contribution in [1.29, 1.82) is 0 Å². The van der Waals surface area contributed by atoms with E-state index in [0.29, 0.717) is 11.5 Å². The van der Waals surface area contributed by atoms with Crippen LogP contribution in [0.5, 0.6) is 0 Å². The third-order valence-corrected chi connectivity index (χ3v) is 7.82. The van der Waals surface area contributed by atoms with Crippen LogP contribution in [0.2, 0.25) is 0 Å². The number of anilines is 2. The smallest absolute Gasteiger partial charge is 0.244 e. The van der Waals surface area contributed by atoms with E-state index < -0.39 is 10.0 Å².